The van der Waals surface area contributed by atoms with E-state index in [4.69, 9.17) is 10.5 Å². The molecule has 1 heterocycles. The molecule has 74 valence electrons. The van der Waals surface area contributed by atoms with Crippen LogP contribution >= 0.6 is 0 Å². The van der Waals surface area contributed by atoms with Gasteiger partial charge in [-0.25, -0.2) is 0 Å². The molecule has 0 amide bonds. The van der Waals surface area contributed by atoms with E-state index in [1.54, 1.807) is 0 Å². The summed E-state index contributed by atoms with van der Waals surface area (Å²) in [5.74, 6) is 0. The Morgan fingerprint density at radius 2 is 2.00 bits per heavy atom. The highest BCUT2D eigenvalue weighted by Crippen LogP contribution is 2.47. The van der Waals surface area contributed by atoms with E-state index in [1.165, 1.54) is 5.56 Å². The van der Waals surface area contributed by atoms with E-state index in [-0.39, 0.29) is 11.5 Å². The highest BCUT2D eigenvalue weighted by atomic mass is 16.5. The largest absolute Gasteiger partial charge is 0.376 e. The number of ether oxygens (including phenoxy) is 1. The molecular formula is C12H15NO. The molecule has 1 aromatic carbocycles. The summed E-state index contributed by atoms with van der Waals surface area (Å²) in [6, 6.07) is 10.9. The molecule has 3 atom stereocenters. The molecule has 0 unspecified atom stereocenters. The summed E-state index contributed by atoms with van der Waals surface area (Å²) >= 11 is 0. The lowest BCUT2D eigenvalue weighted by Gasteiger charge is -2.28. The molecule has 1 saturated carbocycles. The molecule has 2 heteroatoms. The quantitative estimate of drug-likeness (QED) is 0.725. The first-order valence-electron chi connectivity index (χ1n) is 5.23. The summed E-state index contributed by atoms with van der Waals surface area (Å²) in [6.45, 7) is 0.857. The first-order valence-corrected chi connectivity index (χ1v) is 5.23. The minimum Gasteiger partial charge on any atom is -0.376 e. The van der Waals surface area contributed by atoms with Crippen LogP contribution < -0.4 is 5.73 Å². The van der Waals surface area contributed by atoms with Crippen molar-refractivity contribution in [2.45, 2.75) is 30.4 Å². The zero-order valence-electron chi connectivity index (χ0n) is 8.15. The third kappa shape index (κ3) is 1.04. The average molecular weight is 189 g/mol. The second-order valence-electron chi connectivity index (χ2n) is 4.57. The maximum atomic E-state index is 6.02. The maximum absolute atomic E-state index is 6.02. The smallest absolute Gasteiger partial charge is 0.0736 e. The number of fused-ring (bicyclic) bond motifs is 2. The minimum absolute atomic E-state index is 0.228. The second-order valence-corrected chi connectivity index (χ2v) is 4.57. The van der Waals surface area contributed by atoms with Crippen molar-refractivity contribution in [3.63, 3.8) is 0 Å². The SMILES string of the molecule is N[C@H]1C[C@]2(c3ccccc3)CO[C@@H]1C2. The van der Waals surface area contributed by atoms with E-state index < -0.39 is 0 Å². The van der Waals surface area contributed by atoms with E-state index in [0.717, 1.165) is 19.4 Å². The number of hydrogen-bond acceptors (Lipinski definition) is 2. The highest BCUT2D eigenvalue weighted by Gasteiger charge is 2.51. The Kier molecular flexibility index (Phi) is 1.70. The normalized spacial score (nSPS) is 40.4. The molecule has 0 spiro atoms. The zero-order chi connectivity index (χ0) is 9.60. The molecule has 3 rings (SSSR count). The van der Waals surface area contributed by atoms with Gasteiger partial charge in [0.2, 0.25) is 0 Å². The third-order valence-electron chi connectivity index (χ3n) is 3.66. The topological polar surface area (TPSA) is 35.2 Å². The van der Waals surface area contributed by atoms with Crippen LogP contribution in [0.25, 0.3) is 0 Å². The van der Waals surface area contributed by atoms with Crippen molar-refractivity contribution in [2.24, 2.45) is 5.73 Å². The van der Waals surface area contributed by atoms with E-state index >= 15 is 0 Å². The van der Waals surface area contributed by atoms with E-state index in [9.17, 15) is 0 Å². The van der Waals surface area contributed by atoms with Crippen LogP contribution in [0.15, 0.2) is 30.3 Å². The van der Waals surface area contributed by atoms with Crippen molar-refractivity contribution < 1.29 is 4.74 Å². The van der Waals surface area contributed by atoms with Gasteiger partial charge in [0.05, 0.1) is 12.7 Å². The van der Waals surface area contributed by atoms with Gasteiger partial charge in [-0.3, -0.25) is 0 Å². The predicted molar refractivity (Wildman–Crippen MR) is 55.1 cm³/mol. The molecular weight excluding hydrogens is 174 g/mol. The van der Waals surface area contributed by atoms with Crippen LogP contribution in [-0.4, -0.2) is 18.8 Å². The molecule has 1 aliphatic heterocycles. The lowest BCUT2D eigenvalue weighted by molar-refractivity contribution is 0.0551. The Labute approximate surface area is 84.1 Å². The van der Waals surface area contributed by atoms with Crippen molar-refractivity contribution in [3.05, 3.63) is 35.9 Å². The standard InChI is InChI=1S/C12H15NO/c13-10-6-12(7-11(10)14-8-12)9-4-2-1-3-5-9/h1-5,10-11H,6-8,13H2/t10-,11+,12+/m0/s1. The average Bonchev–Trinajstić information content (AvgIpc) is 2.77. The summed E-state index contributed by atoms with van der Waals surface area (Å²) in [7, 11) is 0. The Bertz CT molecular complexity index is 333. The van der Waals surface area contributed by atoms with Crippen molar-refractivity contribution in [3.8, 4) is 0 Å². The fourth-order valence-electron chi connectivity index (χ4n) is 2.88. The molecule has 2 N–H and O–H groups in total. The van der Waals surface area contributed by atoms with Crippen molar-refractivity contribution >= 4 is 0 Å². The molecule has 1 aliphatic carbocycles. The molecule has 1 aromatic rings. The van der Waals surface area contributed by atoms with E-state index in [1.807, 2.05) is 0 Å². The number of benzene rings is 1. The van der Waals surface area contributed by atoms with Crippen LogP contribution in [0.4, 0.5) is 0 Å². The summed E-state index contributed by atoms with van der Waals surface area (Å²) in [4.78, 5) is 0. The highest BCUT2D eigenvalue weighted by molar-refractivity contribution is 5.30. The molecule has 2 bridgehead atoms. The molecule has 0 aromatic heterocycles. The lowest BCUT2D eigenvalue weighted by atomic mass is 9.80. The van der Waals surface area contributed by atoms with Crippen LogP contribution in [-0.2, 0) is 10.2 Å². The van der Waals surface area contributed by atoms with E-state index in [2.05, 4.69) is 30.3 Å². The summed E-state index contributed by atoms with van der Waals surface area (Å²) in [5.41, 5.74) is 7.64. The lowest BCUT2D eigenvalue weighted by Crippen LogP contribution is -2.37. The van der Waals surface area contributed by atoms with Gasteiger partial charge in [-0.2, -0.15) is 0 Å². The summed E-state index contributed by atoms with van der Waals surface area (Å²) in [5, 5.41) is 0. The van der Waals surface area contributed by atoms with Gasteiger partial charge in [0, 0.05) is 11.5 Å². The van der Waals surface area contributed by atoms with Crippen LogP contribution in [0.5, 0.6) is 0 Å². The molecule has 2 nitrogen and oxygen atoms in total. The van der Waals surface area contributed by atoms with Gasteiger partial charge < -0.3 is 10.5 Å². The number of nitrogens with two attached hydrogens (primary N) is 1. The van der Waals surface area contributed by atoms with Crippen LogP contribution in [0, 0.1) is 0 Å². The second kappa shape index (κ2) is 2.81. The van der Waals surface area contributed by atoms with Gasteiger partial charge in [-0.05, 0) is 18.4 Å². The summed E-state index contributed by atoms with van der Waals surface area (Å²) < 4.78 is 5.70. The number of hydrogen-bond donors (Lipinski definition) is 1. The number of rotatable bonds is 1. The molecule has 1 saturated heterocycles. The zero-order valence-corrected chi connectivity index (χ0v) is 8.15. The fourth-order valence-corrected chi connectivity index (χ4v) is 2.88. The van der Waals surface area contributed by atoms with Crippen LogP contribution in [0.2, 0.25) is 0 Å². The Morgan fingerprint density at radius 3 is 2.57 bits per heavy atom. The van der Waals surface area contributed by atoms with Crippen LogP contribution in [0.3, 0.4) is 0 Å². The molecule has 14 heavy (non-hydrogen) atoms. The van der Waals surface area contributed by atoms with Crippen molar-refractivity contribution in [2.75, 3.05) is 6.61 Å². The fraction of sp³-hybridized carbons (Fsp3) is 0.500. The van der Waals surface area contributed by atoms with E-state index in [0.29, 0.717) is 6.10 Å². The van der Waals surface area contributed by atoms with Gasteiger partial charge in [0.15, 0.2) is 0 Å². The maximum Gasteiger partial charge on any atom is 0.0736 e. The van der Waals surface area contributed by atoms with Gasteiger partial charge in [0.25, 0.3) is 0 Å². The van der Waals surface area contributed by atoms with Crippen molar-refractivity contribution in [1.29, 1.82) is 0 Å². The van der Waals surface area contributed by atoms with Gasteiger partial charge in [-0.1, -0.05) is 30.3 Å². The first-order chi connectivity index (χ1) is 6.80. The molecule has 2 aliphatic rings. The van der Waals surface area contributed by atoms with Crippen LogP contribution in [0.1, 0.15) is 18.4 Å². The Balaban J connectivity index is 1.99. The van der Waals surface area contributed by atoms with Gasteiger partial charge >= 0.3 is 0 Å². The molecule has 2 fully saturated rings. The van der Waals surface area contributed by atoms with Gasteiger partial charge in [0.1, 0.15) is 0 Å². The summed E-state index contributed by atoms with van der Waals surface area (Å²) in [6.07, 6.45) is 2.50. The third-order valence-corrected chi connectivity index (χ3v) is 3.66. The minimum atomic E-state index is 0.228. The Hall–Kier alpha value is -0.860. The first kappa shape index (κ1) is 8.45. The molecule has 0 radical (unpaired) electrons. The monoisotopic (exact) mass is 189 g/mol. The van der Waals surface area contributed by atoms with Crippen molar-refractivity contribution in [1.82, 2.24) is 0 Å². The predicted octanol–water partition coefficient (Wildman–Crippen LogP) is 1.44. The van der Waals surface area contributed by atoms with Gasteiger partial charge in [-0.15, -0.1) is 0 Å². The Morgan fingerprint density at radius 1 is 1.21 bits per heavy atom.